The molecular weight excluding hydrogens is 296 g/mol. The smallest absolute Gasteiger partial charge is 0.415 e. The Morgan fingerprint density at radius 1 is 1.50 bits per heavy atom. The fourth-order valence-corrected chi connectivity index (χ4v) is 3.20. The van der Waals surface area contributed by atoms with Gasteiger partial charge in [0.2, 0.25) is 0 Å². The van der Waals surface area contributed by atoms with Gasteiger partial charge >= 0.3 is 6.09 Å². The maximum absolute atomic E-state index is 12.0. The van der Waals surface area contributed by atoms with E-state index in [-0.39, 0.29) is 18.2 Å². The van der Waals surface area contributed by atoms with Crippen LogP contribution in [0.5, 0.6) is 0 Å². The lowest BCUT2D eigenvalue weighted by Crippen LogP contribution is -2.47. The van der Waals surface area contributed by atoms with Crippen LogP contribution in [0.2, 0.25) is 0 Å². The number of ether oxygens (including phenoxy) is 1. The molecule has 0 radical (unpaired) electrons. The molecular formula is C13H15BrN2O2. The lowest BCUT2D eigenvalue weighted by atomic mass is 10.0. The molecule has 2 fully saturated rings. The average molecular weight is 311 g/mol. The van der Waals surface area contributed by atoms with Crippen LogP contribution >= 0.6 is 15.9 Å². The molecule has 0 aliphatic carbocycles. The van der Waals surface area contributed by atoms with E-state index < -0.39 is 0 Å². The molecule has 0 spiro atoms. The highest BCUT2D eigenvalue weighted by Gasteiger charge is 2.44. The van der Waals surface area contributed by atoms with Crippen molar-refractivity contribution in [2.24, 2.45) is 0 Å². The Balaban J connectivity index is 1.97. The zero-order valence-electron chi connectivity index (χ0n) is 10.1. The first-order chi connectivity index (χ1) is 8.66. The fourth-order valence-electron chi connectivity index (χ4n) is 2.72. The highest BCUT2D eigenvalue weighted by molar-refractivity contribution is 9.10. The molecule has 2 aliphatic heterocycles. The van der Waals surface area contributed by atoms with E-state index in [1.807, 2.05) is 30.0 Å². The summed E-state index contributed by atoms with van der Waals surface area (Å²) in [5.41, 5.74) is 2.04. The van der Waals surface area contributed by atoms with E-state index in [1.54, 1.807) is 0 Å². The van der Waals surface area contributed by atoms with Gasteiger partial charge in [0.15, 0.2) is 0 Å². The third-order valence-corrected chi connectivity index (χ3v) is 4.08. The average Bonchev–Trinajstić information content (AvgIpc) is 2.66. The SMILES string of the molecule is Cc1cc(Br)ccc1N1C(=O)OC2CNCCC21. The van der Waals surface area contributed by atoms with Gasteiger partial charge < -0.3 is 10.1 Å². The first kappa shape index (κ1) is 12.0. The molecule has 3 rings (SSSR count). The van der Waals surface area contributed by atoms with Crippen LogP contribution in [0.1, 0.15) is 12.0 Å². The number of halogens is 1. The van der Waals surface area contributed by atoms with Crippen LogP contribution in [0.3, 0.4) is 0 Å². The summed E-state index contributed by atoms with van der Waals surface area (Å²) in [5.74, 6) is 0. The normalized spacial score (nSPS) is 27.0. The second-order valence-corrected chi connectivity index (χ2v) is 5.70. The van der Waals surface area contributed by atoms with Gasteiger partial charge in [0.25, 0.3) is 0 Å². The van der Waals surface area contributed by atoms with Crippen LogP contribution in [0.4, 0.5) is 10.5 Å². The standard InChI is InChI=1S/C13H15BrN2O2/c1-8-6-9(14)2-3-10(8)16-11-4-5-15-7-12(11)18-13(16)17/h2-3,6,11-12,15H,4-5,7H2,1H3. The van der Waals surface area contributed by atoms with Gasteiger partial charge in [0.05, 0.1) is 11.7 Å². The lowest BCUT2D eigenvalue weighted by molar-refractivity contribution is 0.121. The number of hydrogen-bond donors (Lipinski definition) is 1. The van der Waals surface area contributed by atoms with Gasteiger partial charge in [-0.15, -0.1) is 0 Å². The van der Waals surface area contributed by atoms with Crippen LogP contribution in [-0.2, 0) is 4.74 Å². The number of fused-ring (bicyclic) bond motifs is 1. The number of carbonyl (C=O) groups is 1. The summed E-state index contributed by atoms with van der Waals surface area (Å²) in [6, 6.07) is 6.13. The molecule has 5 heteroatoms. The molecule has 0 bridgehead atoms. The Kier molecular flexibility index (Phi) is 3.03. The first-order valence-electron chi connectivity index (χ1n) is 6.13. The number of anilines is 1. The second kappa shape index (κ2) is 4.55. The summed E-state index contributed by atoms with van der Waals surface area (Å²) in [6.07, 6.45) is 0.694. The zero-order chi connectivity index (χ0) is 12.7. The minimum Gasteiger partial charge on any atom is -0.442 e. The molecule has 2 unspecified atom stereocenters. The number of amides is 1. The number of piperidine rings is 1. The van der Waals surface area contributed by atoms with Crippen LogP contribution < -0.4 is 10.2 Å². The first-order valence-corrected chi connectivity index (χ1v) is 6.93. The third kappa shape index (κ3) is 1.91. The monoisotopic (exact) mass is 310 g/mol. The van der Waals surface area contributed by atoms with Crippen LogP contribution in [0.15, 0.2) is 22.7 Å². The highest BCUT2D eigenvalue weighted by atomic mass is 79.9. The third-order valence-electron chi connectivity index (χ3n) is 3.59. The molecule has 2 saturated heterocycles. The van der Waals surface area contributed by atoms with Crippen molar-refractivity contribution in [2.45, 2.75) is 25.5 Å². The number of nitrogens with one attached hydrogen (secondary N) is 1. The van der Waals surface area contributed by atoms with Crippen molar-refractivity contribution < 1.29 is 9.53 Å². The van der Waals surface area contributed by atoms with Crippen molar-refractivity contribution in [3.05, 3.63) is 28.2 Å². The molecule has 2 aliphatic rings. The summed E-state index contributed by atoms with van der Waals surface area (Å²) in [5, 5.41) is 3.26. The Hall–Kier alpha value is -1.07. The largest absolute Gasteiger partial charge is 0.442 e. The molecule has 0 saturated carbocycles. The number of benzene rings is 1. The van der Waals surface area contributed by atoms with Gasteiger partial charge in [0.1, 0.15) is 6.10 Å². The summed E-state index contributed by atoms with van der Waals surface area (Å²) < 4.78 is 6.46. The van der Waals surface area contributed by atoms with E-state index in [4.69, 9.17) is 4.74 Å². The van der Waals surface area contributed by atoms with Crippen molar-refractivity contribution in [2.75, 3.05) is 18.0 Å². The minimum absolute atomic E-state index is 0.0192. The number of nitrogens with zero attached hydrogens (tertiary/aromatic N) is 1. The number of aryl methyl sites for hydroxylation is 1. The fraction of sp³-hybridized carbons (Fsp3) is 0.462. The molecule has 2 heterocycles. The summed E-state index contributed by atoms with van der Waals surface area (Å²) in [4.78, 5) is 13.9. The van der Waals surface area contributed by atoms with Crippen molar-refractivity contribution in [1.29, 1.82) is 0 Å². The van der Waals surface area contributed by atoms with E-state index in [1.165, 1.54) is 0 Å². The van der Waals surface area contributed by atoms with Crippen LogP contribution in [-0.4, -0.2) is 31.3 Å². The zero-order valence-corrected chi connectivity index (χ0v) is 11.7. The highest BCUT2D eigenvalue weighted by Crippen LogP contribution is 2.33. The maximum atomic E-state index is 12.0. The molecule has 1 N–H and O–H groups in total. The Morgan fingerprint density at radius 3 is 3.11 bits per heavy atom. The Labute approximate surface area is 114 Å². The molecule has 1 amide bonds. The van der Waals surface area contributed by atoms with Crippen molar-refractivity contribution in [3.8, 4) is 0 Å². The van der Waals surface area contributed by atoms with E-state index in [9.17, 15) is 4.79 Å². The van der Waals surface area contributed by atoms with Gasteiger partial charge in [-0.25, -0.2) is 4.79 Å². The van der Waals surface area contributed by atoms with E-state index in [2.05, 4.69) is 21.2 Å². The molecule has 2 atom stereocenters. The lowest BCUT2D eigenvalue weighted by Gasteiger charge is -2.29. The minimum atomic E-state index is -0.223. The maximum Gasteiger partial charge on any atom is 0.415 e. The van der Waals surface area contributed by atoms with Gasteiger partial charge in [-0.2, -0.15) is 0 Å². The van der Waals surface area contributed by atoms with Crippen molar-refractivity contribution in [1.82, 2.24) is 5.32 Å². The molecule has 96 valence electrons. The number of carbonyl (C=O) groups excluding carboxylic acids is 1. The van der Waals surface area contributed by atoms with E-state index >= 15 is 0 Å². The van der Waals surface area contributed by atoms with Crippen molar-refractivity contribution >= 4 is 27.7 Å². The second-order valence-electron chi connectivity index (χ2n) is 4.78. The Morgan fingerprint density at radius 2 is 2.33 bits per heavy atom. The van der Waals surface area contributed by atoms with Gasteiger partial charge in [0, 0.05) is 11.0 Å². The van der Waals surface area contributed by atoms with Gasteiger partial charge in [-0.3, -0.25) is 4.90 Å². The number of hydrogen-bond acceptors (Lipinski definition) is 3. The predicted molar refractivity (Wildman–Crippen MR) is 72.9 cm³/mol. The molecule has 18 heavy (non-hydrogen) atoms. The Bertz CT molecular complexity index is 492. The topological polar surface area (TPSA) is 41.6 Å². The van der Waals surface area contributed by atoms with Crippen LogP contribution in [0, 0.1) is 6.92 Å². The van der Waals surface area contributed by atoms with E-state index in [0.29, 0.717) is 0 Å². The predicted octanol–water partition coefficient (Wildman–Crippen LogP) is 2.44. The summed E-state index contributed by atoms with van der Waals surface area (Å²) in [6.45, 7) is 3.70. The molecule has 0 aromatic heterocycles. The van der Waals surface area contributed by atoms with E-state index in [0.717, 1.165) is 35.2 Å². The molecule has 4 nitrogen and oxygen atoms in total. The summed E-state index contributed by atoms with van der Waals surface area (Å²) >= 11 is 3.44. The quantitative estimate of drug-likeness (QED) is 0.866. The van der Waals surface area contributed by atoms with Crippen molar-refractivity contribution in [3.63, 3.8) is 0 Å². The number of rotatable bonds is 1. The molecule has 1 aromatic carbocycles. The molecule has 1 aromatic rings. The van der Waals surface area contributed by atoms with Gasteiger partial charge in [-0.05, 0) is 43.7 Å². The van der Waals surface area contributed by atoms with Crippen LogP contribution in [0.25, 0.3) is 0 Å². The summed E-state index contributed by atoms with van der Waals surface area (Å²) in [7, 11) is 0. The van der Waals surface area contributed by atoms with Gasteiger partial charge in [-0.1, -0.05) is 15.9 Å².